The summed E-state index contributed by atoms with van der Waals surface area (Å²) < 4.78 is 26.9. The number of hydrogen-bond donors (Lipinski definition) is 2. The molecule has 0 saturated heterocycles. The zero-order valence-corrected chi connectivity index (χ0v) is 12.7. The van der Waals surface area contributed by atoms with Crippen LogP contribution in [-0.4, -0.2) is 27.3 Å². The number of halogens is 2. The van der Waals surface area contributed by atoms with Crippen molar-refractivity contribution < 1.29 is 8.42 Å². The van der Waals surface area contributed by atoms with Gasteiger partial charge in [-0.15, -0.1) is 0 Å². The zero-order valence-electron chi connectivity index (χ0n) is 9.50. The average molecular weight is 342 g/mol. The van der Waals surface area contributed by atoms with Gasteiger partial charge in [0.15, 0.2) is 0 Å². The summed E-state index contributed by atoms with van der Waals surface area (Å²) in [4.78, 5) is 0. The molecular formula is C10H14BrClN2O2S. The van der Waals surface area contributed by atoms with Crippen LogP contribution in [0.15, 0.2) is 22.7 Å². The van der Waals surface area contributed by atoms with E-state index >= 15 is 0 Å². The lowest BCUT2D eigenvalue weighted by molar-refractivity contribution is 0.584. The molecule has 1 rings (SSSR count). The first-order valence-corrected chi connectivity index (χ1v) is 7.70. The van der Waals surface area contributed by atoms with Gasteiger partial charge in [0, 0.05) is 16.7 Å². The van der Waals surface area contributed by atoms with E-state index in [1.807, 2.05) is 0 Å². The highest BCUT2D eigenvalue weighted by atomic mass is 79.9. The summed E-state index contributed by atoms with van der Waals surface area (Å²) in [6, 6.07) is 4.88. The normalized spacial score (nSPS) is 13.4. The first-order valence-electron chi connectivity index (χ1n) is 4.98. The van der Waals surface area contributed by atoms with Gasteiger partial charge in [-0.25, -0.2) is 8.42 Å². The minimum Gasteiger partial charge on any atom is -0.318 e. The number of rotatable bonds is 5. The standard InChI is InChI=1S/C10H14BrClN2O2S/c1-7(6-13-2)17(15,16)14-8-3-4-10(12)9(11)5-8/h3-5,7,13-14H,6H2,1-2H3. The molecule has 1 unspecified atom stereocenters. The molecule has 2 N–H and O–H groups in total. The van der Waals surface area contributed by atoms with Gasteiger partial charge in [0.25, 0.3) is 0 Å². The number of nitrogens with one attached hydrogen (secondary N) is 2. The fourth-order valence-electron chi connectivity index (χ4n) is 1.22. The van der Waals surface area contributed by atoms with Crippen molar-refractivity contribution in [1.29, 1.82) is 0 Å². The van der Waals surface area contributed by atoms with Crippen LogP contribution in [0.3, 0.4) is 0 Å². The summed E-state index contributed by atoms with van der Waals surface area (Å²) in [5.74, 6) is 0. The Hall–Kier alpha value is -0.300. The maximum atomic E-state index is 11.9. The van der Waals surface area contributed by atoms with E-state index in [9.17, 15) is 8.42 Å². The van der Waals surface area contributed by atoms with Crippen LogP contribution in [0.1, 0.15) is 6.92 Å². The molecule has 4 nitrogen and oxygen atoms in total. The molecule has 17 heavy (non-hydrogen) atoms. The minimum atomic E-state index is -3.38. The van der Waals surface area contributed by atoms with Crippen LogP contribution in [0.5, 0.6) is 0 Å². The smallest absolute Gasteiger partial charge is 0.236 e. The second-order valence-electron chi connectivity index (χ2n) is 3.64. The van der Waals surface area contributed by atoms with Crippen molar-refractivity contribution in [2.24, 2.45) is 0 Å². The Morgan fingerprint density at radius 3 is 2.65 bits per heavy atom. The van der Waals surface area contributed by atoms with Gasteiger partial charge in [0.05, 0.1) is 10.3 Å². The van der Waals surface area contributed by atoms with Gasteiger partial charge in [0.1, 0.15) is 0 Å². The molecule has 0 amide bonds. The van der Waals surface area contributed by atoms with Crippen LogP contribution in [-0.2, 0) is 10.0 Å². The third kappa shape index (κ3) is 4.13. The van der Waals surface area contributed by atoms with Crippen LogP contribution < -0.4 is 10.0 Å². The molecule has 0 bridgehead atoms. The van der Waals surface area contributed by atoms with Crippen LogP contribution >= 0.6 is 27.5 Å². The second kappa shape index (κ2) is 6.04. The van der Waals surface area contributed by atoms with Gasteiger partial charge in [-0.1, -0.05) is 11.6 Å². The molecule has 0 spiro atoms. The third-order valence-corrected chi connectivity index (χ3v) is 5.16. The summed E-state index contributed by atoms with van der Waals surface area (Å²) >= 11 is 9.07. The monoisotopic (exact) mass is 340 g/mol. The predicted molar refractivity (Wildman–Crippen MR) is 75.1 cm³/mol. The summed E-state index contributed by atoms with van der Waals surface area (Å²) in [6.07, 6.45) is 0. The Labute approximate surface area is 115 Å². The third-order valence-electron chi connectivity index (χ3n) is 2.20. The lowest BCUT2D eigenvalue weighted by Gasteiger charge is -2.14. The number of hydrogen-bond acceptors (Lipinski definition) is 3. The molecule has 0 saturated carbocycles. The van der Waals surface area contributed by atoms with Gasteiger partial charge < -0.3 is 5.32 Å². The quantitative estimate of drug-likeness (QED) is 0.865. The maximum absolute atomic E-state index is 11.9. The van der Waals surface area contributed by atoms with E-state index in [-0.39, 0.29) is 0 Å². The van der Waals surface area contributed by atoms with Crippen molar-refractivity contribution in [2.45, 2.75) is 12.2 Å². The van der Waals surface area contributed by atoms with Crippen molar-refractivity contribution >= 4 is 43.2 Å². The molecule has 0 fully saturated rings. The van der Waals surface area contributed by atoms with E-state index in [1.165, 1.54) is 0 Å². The fourth-order valence-corrected chi connectivity index (χ4v) is 2.76. The Balaban J connectivity index is 2.86. The van der Waals surface area contributed by atoms with E-state index in [1.54, 1.807) is 32.2 Å². The van der Waals surface area contributed by atoms with Crippen LogP contribution in [0.25, 0.3) is 0 Å². The molecular weight excluding hydrogens is 328 g/mol. The molecule has 96 valence electrons. The molecule has 0 aliphatic carbocycles. The van der Waals surface area contributed by atoms with Crippen molar-refractivity contribution in [1.82, 2.24) is 5.32 Å². The summed E-state index contributed by atoms with van der Waals surface area (Å²) in [7, 11) is -1.67. The predicted octanol–water partition coefficient (Wildman–Crippen LogP) is 2.45. The SMILES string of the molecule is CNCC(C)S(=O)(=O)Nc1ccc(Cl)c(Br)c1. The van der Waals surface area contributed by atoms with E-state index in [4.69, 9.17) is 11.6 Å². The van der Waals surface area contributed by atoms with Crippen molar-refractivity contribution in [3.63, 3.8) is 0 Å². The molecule has 7 heteroatoms. The number of benzene rings is 1. The van der Waals surface area contributed by atoms with E-state index in [2.05, 4.69) is 26.0 Å². The van der Waals surface area contributed by atoms with Crippen LogP contribution in [0.4, 0.5) is 5.69 Å². The highest BCUT2D eigenvalue weighted by Gasteiger charge is 2.19. The van der Waals surface area contributed by atoms with Gasteiger partial charge in [-0.3, -0.25) is 4.72 Å². The van der Waals surface area contributed by atoms with Crippen molar-refractivity contribution in [3.05, 3.63) is 27.7 Å². The van der Waals surface area contributed by atoms with E-state index < -0.39 is 15.3 Å². The summed E-state index contributed by atoms with van der Waals surface area (Å²) in [5, 5.41) is 2.86. The van der Waals surface area contributed by atoms with E-state index in [0.717, 1.165) is 0 Å². The van der Waals surface area contributed by atoms with Crippen LogP contribution in [0, 0.1) is 0 Å². The molecule has 1 aromatic rings. The Morgan fingerprint density at radius 2 is 2.12 bits per heavy atom. The van der Waals surface area contributed by atoms with Crippen LogP contribution in [0.2, 0.25) is 5.02 Å². The van der Waals surface area contributed by atoms with Gasteiger partial charge >= 0.3 is 0 Å². The zero-order chi connectivity index (χ0) is 13.1. The summed E-state index contributed by atoms with van der Waals surface area (Å²) in [5.41, 5.74) is 0.490. The van der Waals surface area contributed by atoms with Gasteiger partial charge in [-0.05, 0) is 48.1 Å². The molecule has 0 aliphatic heterocycles. The highest BCUT2D eigenvalue weighted by molar-refractivity contribution is 9.10. The molecule has 0 radical (unpaired) electrons. The average Bonchev–Trinajstić information content (AvgIpc) is 2.23. The molecule has 1 atom stereocenters. The lowest BCUT2D eigenvalue weighted by atomic mass is 10.3. The first kappa shape index (κ1) is 14.8. The van der Waals surface area contributed by atoms with Crippen molar-refractivity contribution in [3.8, 4) is 0 Å². The van der Waals surface area contributed by atoms with Gasteiger partial charge in [0.2, 0.25) is 10.0 Å². The molecule has 1 aromatic carbocycles. The molecule has 0 heterocycles. The Bertz CT molecular complexity index is 493. The molecule has 0 aromatic heterocycles. The first-order chi connectivity index (χ1) is 7.86. The number of sulfonamides is 1. The minimum absolute atomic E-state index is 0.393. The van der Waals surface area contributed by atoms with Crippen molar-refractivity contribution in [2.75, 3.05) is 18.3 Å². The largest absolute Gasteiger partial charge is 0.318 e. The topological polar surface area (TPSA) is 58.2 Å². The summed E-state index contributed by atoms with van der Waals surface area (Å²) in [6.45, 7) is 2.04. The van der Waals surface area contributed by atoms with Gasteiger partial charge in [-0.2, -0.15) is 0 Å². The Morgan fingerprint density at radius 1 is 1.47 bits per heavy atom. The fraction of sp³-hybridized carbons (Fsp3) is 0.400. The number of anilines is 1. The second-order valence-corrected chi connectivity index (χ2v) is 7.00. The maximum Gasteiger partial charge on any atom is 0.236 e. The lowest BCUT2D eigenvalue weighted by Crippen LogP contribution is -2.33. The Kier molecular flexibility index (Phi) is 5.24. The molecule has 0 aliphatic rings. The van der Waals surface area contributed by atoms with E-state index in [0.29, 0.717) is 21.7 Å². The highest BCUT2D eigenvalue weighted by Crippen LogP contribution is 2.26.